The molecule has 1 unspecified atom stereocenters. The molecule has 0 fully saturated rings. The van der Waals surface area contributed by atoms with Gasteiger partial charge in [0.05, 0.1) is 6.04 Å². The lowest BCUT2D eigenvalue weighted by Gasteiger charge is -2.15. The summed E-state index contributed by atoms with van der Waals surface area (Å²) in [4.78, 5) is 12.9. The lowest BCUT2D eigenvalue weighted by Crippen LogP contribution is -2.25. The van der Waals surface area contributed by atoms with Gasteiger partial charge in [-0.2, -0.15) is 0 Å². The molecule has 5 nitrogen and oxygen atoms in total. The molecule has 0 amide bonds. The normalized spacial score (nSPS) is 12.6. The summed E-state index contributed by atoms with van der Waals surface area (Å²) in [6.07, 6.45) is 8.09. The van der Waals surface area contributed by atoms with Gasteiger partial charge in [-0.3, -0.25) is 0 Å². The number of nitrogens with zero attached hydrogens (tertiary/aromatic N) is 4. The van der Waals surface area contributed by atoms with Crippen LogP contribution in [0.3, 0.4) is 0 Å². The molecule has 1 atom stereocenters. The van der Waals surface area contributed by atoms with Crippen molar-refractivity contribution in [3.63, 3.8) is 0 Å². The van der Waals surface area contributed by atoms with Crippen LogP contribution in [0.5, 0.6) is 0 Å². The first-order valence-corrected chi connectivity index (χ1v) is 5.77. The van der Waals surface area contributed by atoms with Crippen LogP contribution >= 0.6 is 0 Å². The zero-order chi connectivity index (χ0) is 12.1. The second-order valence-electron chi connectivity index (χ2n) is 3.88. The number of nitrogens with one attached hydrogen (secondary N) is 1. The van der Waals surface area contributed by atoms with Crippen LogP contribution in [0.2, 0.25) is 0 Å². The summed E-state index contributed by atoms with van der Waals surface area (Å²) < 4.78 is 2.02. The summed E-state index contributed by atoms with van der Waals surface area (Å²) in [5.74, 6) is 1.85. The van der Waals surface area contributed by atoms with E-state index in [-0.39, 0.29) is 6.04 Å². The Kier molecular flexibility index (Phi) is 3.82. The number of hydrogen-bond acceptors (Lipinski definition) is 4. The maximum Gasteiger partial charge on any atom is 0.145 e. The number of imidazole rings is 1. The van der Waals surface area contributed by atoms with Crippen LogP contribution in [0.1, 0.15) is 24.6 Å². The van der Waals surface area contributed by atoms with Crippen molar-refractivity contribution in [1.29, 1.82) is 0 Å². The van der Waals surface area contributed by atoms with Crippen molar-refractivity contribution in [2.75, 3.05) is 6.54 Å². The summed E-state index contributed by atoms with van der Waals surface area (Å²) in [6, 6.07) is 1.94. The topological polar surface area (TPSA) is 55.6 Å². The zero-order valence-corrected chi connectivity index (χ0v) is 10.2. The molecule has 2 aromatic heterocycles. The van der Waals surface area contributed by atoms with E-state index in [1.807, 2.05) is 30.1 Å². The van der Waals surface area contributed by atoms with Gasteiger partial charge in [0.15, 0.2) is 0 Å². The molecule has 2 aromatic rings. The number of hydrogen-bond donors (Lipinski definition) is 1. The minimum Gasteiger partial charge on any atom is -0.338 e. The summed E-state index contributed by atoms with van der Waals surface area (Å²) in [6.45, 7) is 2.96. The highest BCUT2D eigenvalue weighted by molar-refractivity contribution is 5.02. The smallest absolute Gasteiger partial charge is 0.145 e. The van der Waals surface area contributed by atoms with Gasteiger partial charge in [0, 0.05) is 38.3 Å². The van der Waals surface area contributed by atoms with Crippen molar-refractivity contribution in [3.8, 4) is 0 Å². The Hall–Kier alpha value is -1.75. The van der Waals surface area contributed by atoms with E-state index >= 15 is 0 Å². The van der Waals surface area contributed by atoms with E-state index in [2.05, 4.69) is 27.2 Å². The number of likely N-dealkylation sites (N-methyl/N-ethyl adjacent to an activating group) is 1. The molecule has 0 aliphatic rings. The van der Waals surface area contributed by atoms with Crippen molar-refractivity contribution in [2.45, 2.75) is 19.4 Å². The van der Waals surface area contributed by atoms with Crippen LogP contribution in [0, 0.1) is 0 Å². The molecule has 0 saturated carbocycles. The van der Waals surface area contributed by atoms with Crippen LogP contribution in [-0.4, -0.2) is 26.1 Å². The fraction of sp³-hybridized carbons (Fsp3) is 0.417. The Morgan fingerprint density at radius 2 is 2.00 bits per heavy atom. The zero-order valence-electron chi connectivity index (χ0n) is 10.2. The van der Waals surface area contributed by atoms with Gasteiger partial charge >= 0.3 is 0 Å². The number of aromatic nitrogens is 4. The minimum absolute atomic E-state index is 0.113. The Balaban J connectivity index is 2.16. The molecule has 0 saturated heterocycles. The largest absolute Gasteiger partial charge is 0.338 e. The van der Waals surface area contributed by atoms with Crippen LogP contribution in [0.25, 0.3) is 0 Å². The molecular formula is C12H17N5. The third-order valence-corrected chi connectivity index (χ3v) is 2.66. The van der Waals surface area contributed by atoms with E-state index < -0.39 is 0 Å². The van der Waals surface area contributed by atoms with E-state index in [0.717, 1.165) is 24.6 Å². The highest BCUT2D eigenvalue weighted by Crippen LogP contribution is 2.12. The van der Waals surface area contributed by atoms with Crippen LogP contribution < -0.4 is 5.32 Å². The molecule has 0 bridgehead atoms. The second-order valence-corrected chi connectivity index (χ2v) is 3.88. The molecule has 2 rings (SSSR count). The number of aryl methyl sites for hydroxylation is 1. The Labute approximate surface area is 101 Å². The SMILES string of the molecule is CCNC(Cc1nccn1C)c1ncccn1. The predicted octanol–water partition coefficient (Wildman–Crippen LogP) is 1.10. The van der Waals surface area contributed by atoms with Crippen LogP contribution in [0.4, 0.5) is 0 Å². The summed E-state index contributed by atoms with van der Waals surface area (Å²) in [5.41, 5.74) is 0. The van der Waals surface area contributed by atoms with Crippen molar-refractivity contribution >= 4 is 0 Å². The fourth-order valence-electron chi connectivity index (χ4n) is 1.77. The molecule has 1 N–H and O–H groups in total. The van der Waals surface area contributed by atoms with Gasteiger partial charge in [0.1, 0.15) is 11.6 Å². The van der Waals surface area contributed by atoms with Gasteiger partial charge in [-0.05, 0) is 12.6 Å². The standard InChI is InChI=1S/C12H17N5/c1-3-13-10(12-15-5-4-6-16-12)9-11-14-7-8-17(11)2/h4-8,10,13H,3,9H2,1-2H3. The number of rotatable bonds is 5. The van der Waals surface area contributed by atoms with E-state index in [1.54, 1.807) is 12.4 Å². The third-order valence-electron chi connectivity index (χ3n) is 2.66. The van der Waals surface area contributed by atoms with E-state index in [0.29, 0.717) is 0 Å². The molecule has 17 heavy (non-hydrogen) atoms. The summed E-state index contributed by atoms with van der Waals surface area (Å²) in [5, 5.41) is 3.39. The van der Waals surface area contributed by atoms with E-state index in [4.69, 9.17) is 0 Å². The maximum absolute atomic E-state index is 4.33. The highest BCUT2D eigenvalue weighted by atomic mass is 15.1. The van der Waals surface area contributed by atoms with Gasteiger partial charge in [0.25, 0.3) is 0 Å². The van der Waals surface area contributed by atoms with Crippen molar-refractivity contribution < 1.29 is 0 Å². The molecule has 0 aromatic carbocycles. The highest BCUT2D eigenvalue weighted by Gasteiger charge is 2.15. The maximum atomic E-state index is 4.33. The molecule has 0 radical (unpaired) electrons. The van der Waals surface area contributed by atoms with Gasteiger partial charge < -0.3 is 9.88 Å². The first kappa shape index (κ1) is 11.7. The Morgan fingerprint density at radius 3 is 2.59 bits per heavy atom. The van der Waals surface area contributed by atoms with E-state index in [9.17, 15) is 0 Å². The van der Waals surface area contributed by atoms with E-state index in [1.165, 1.54) is 0 Å². The average Bonchev–Trinajstić information content (AvgIpc) is 2.76. The molecule has 0 aliphatic carbocycles. The van der Waals surface area contributed by atoms with Crippen LogP contribution in [-0.2, 0) is 13.5 Å². The molecule has 5 heteroatoms. The molecule has 0 spiro atoms. The predicted molar refractivity (Wildman–Crippen MR) is 65.4 cm³/mol. The van der Waals surface area contributed by atoms with Crippen molar-refractivity contribution in [2.24, 2.45) is 7.05 Å². The van der Waals surface area contributed by atoms with Crippen LogP contribution in [0.15, 0.2) is 30.9 Å². The summed E-state index contributed by atoms with van der Waals surface area (Å²) in [7, 11) is 2.00. The first-order valence-electron chi connectivity index (χ1n) is 5.77. The molecular weight excluding hydrogens is 214 g/mol. The van der Waals surface area contributed by atoms with Gasteiger partial charge in [-0.15, -0.1) is 0 Å². The summed E-state index contributed by atoms with van der Waals surface area (Å²) >= 11 is 0. The van der Waals surface area contributed by atoms with Crippen molar-refractivity contribution in [1.82, 2.24) is 24.8 Å². The van der Waals surface area contributed by atoms with Crippen molar-refractivity contribution in [3.05, 3.63) is 42.5 Å². The lowest BCUT2D eigenvalue weighted by molar-refractivity contribution is 0.503. The molecule has 90 valence electrons. The minimum atomic E-state index is 0.113. The first-order chi connectivity index (χ1) is 8.31. The lowest BCUT2D eigenvalue weighted by atomic mass is 10.2. The Bertz CT molecular complexity index is 451. The monoisotopic (exact) mass is 231 g/mol. The van der Waals surface area contributed by atoms with Gasteiger partial charge in [-0.1, -0.05) is 6.92 Å². The fourth-order valence-corrected chi connectivity index (χ4v) is 1.77. The third kappa shape index (κ3) is 2.88. The Morgan fingerprint density at radius 1 is 1.24 bits per heavy atom. The average molecular weight is 231 g/mol. The quantitative estimate of drug-likeness (QED) is 0.837. The van der Waals surface area contributed by atoms with Gasteiger partial charge in [0.2, 0.25) is 0 Å². The van der Waals surface area contributed by atoms with Gasteiger partial charge in [-0.25, -0.2) is 15.0 Å². The molecule has 2 heterocycles. The second kappa shape index (κ2) is 5.54. The molecule has 0 aliphatic heterocycles.